The second-order valence-corrected chi connectivity index (χ2v) is 5.76. The van der Waals surface area contributed by atoms with Gasteiger partial charge in [0, 0.05) is 23.7 Å². The quantitative estimate of drug-likeness (QED) is 0.858. The molecule has 0 aromatic heterocycles. The molecule has 1 aliphatic heterocycles. The van der Waals surface area contributed by atoms with Crippen molar-refractivity contribution in [1.82, 2.24) is 4.90 Å². The van der Waals surface area contributed by atoms with E-state index in [1.165, 1.54) is 17.7 Å². The Morgan fingerprint density at radius 2 is 1.79 bits per heavy atom. The summed E-state index contributed by atoms with van der Waals surface area (Å²) in [6, 6.07) is 8.20. The lowest BCUT2D eigenvalue weighted by molar-refractivity contribution is -0.129. The van der Waals surface area contributed by atoms with Crippen molar-refractivity contribution in [3.05, 3.63) is 24.3 Å². The van der Waals surface area contributed by atoms with Crippen molar-refractivity contribution in [2.45, 2.75) is 30.6 Å². The van der Waals surface area contributed by atoms with Gasteiger partial charge in [-0.25, -0.2) is 0 Å². The molecule has 104 valence electrons. The van der Waals surface area contributed by atoms with Crippen molar-refractivity contribution in [3.63, 3.8) is 0 Å². The van der Waals surface area contributed by atoms with Crippen LogP contribution >= 0.6 is 11.8 Å². The zero-order valence-corrected chi connectivity index (χ0v) is 12.3. The van der Waals surface area contributed by atoms with E-state index in [-0.39, 0.29) is 5.91 Å². The highest BCUT2D eigenvalue weighted by Crippen LogP contribution is 2.17. The maximum absolute atomic E-state index is 12.1. The first-order valence-electron chi connectivity index (χ1n) is 6.95. The minimum absolute atomic E-state index is 0.218. The van der Waals surface area contributed by atoms with Gasteiger partial charge in [0.15, 0.2) is 0 Å². The number of carbonyl (C=O) groups is 1. The summed E-state index contributed by atoms with van der Waals surface area (Å²) in [5, 5.41) is 3.21. The van der Waals surface area contributed by atoms with E-state index in [2.05, 4.69) is 23.7 Å². The summed E-state index contributed by atoms with van der Waals surface area (Å²) < 4.78 is 0. The highest BCUT2D eigenvalue weighted by Gasteiger charge is 2.14. The monoisotopic (exact) mass is 278 g/mol. The van der Waals surface area contributed by atoms with Crippen molar-refractivity contribution in [1.29, 1.82) is 0 Å². The maximum atomic E-state index is 12.1. The molecule has 1 fully saturated rings. The molecule has 1 aliphatic rings. The third-order valence-corrected chi connectivity index (χ3v) is 4.24. The molecule has 4 heteroatoms. The summed E-state index contributed by atoms with van der Waals surface area (Å²) in [5.74, 6) is 0.218. The number of nitrogens with zero attached hydrogens (tertiary/aromatic N) is 1. The third kappa shape index (κ3) is 4.46. The molecule has 0 atom stereocenters. The van der Waals surface area contributed by atoms with Gasteiger partial charge in [0.05, 0.1) is 6.54 Å². The maximum Gasteiger partial charge on any atom is 0.241 e. The summed E-state index contributed by atoms with van der Waals surface area (Å²) in [6.07, 6.45) is 6.87. The summed E-state index contributed by atoms with van der Waals surface area (Å²) in [4.78, 5) is 15.3. The van der Waals surface area contributed by atoms with Gasteiger partial charge >= 0.3 is 0 Å². The van der Waals surface area contributed by atoms with Crippen molar-refractivity contribution in [2.75, 3.05) is 31.2 Å². The van der Waals surface area contributed by atoms with E-state index in [4.69, 9.17) is 0 Å². The highest BCUT2D eigenvalue weighted by atomic mass is 32.2. The number of hydrogen-bond donors (Lipinski definition) is 1. The standard InChI is InChI=1S/C15H22N2OS/c1-19-14-8-6-13(7-9-14)16-12-15(18)17-10-4-2-3-5-11-17/h6-9,16H,2-5,10-12H2,1H3. The Kier molecular flexibility index (Phi) is 5.58. The number of benzene rings is 1. The highest BCUT2D eigenvalue weighted by molar-refractivity contribution is 7.98. The average Bonchev–Trinajstić information content (AvgIpc) is 2.74. The van der Waals surface area contributed by atoms with Gasteiger partial charge in [-0.05, 0) is 43.4 Å². The van der Waals surface area contributed by atoms with Crippen molar-refractivity contribution >= 4 is 23.4 Å². The molecule has 0 aliphatic carbocycles. The first-order valence-corrected chi connectivity index (χ1v) is 8.18. The van der Waals surface area contributed by atoms with Gasteiger partial charge in [-0.1, -0.05) is 12.8 Å². The van der Waals surface area contributed by atoms with Crippen LogP contribution in [-0.4, -0.2) is 36.7 Å². The van der Waals surface area contributed by atoms with Crippen LogP contribution in [0.3, 0.4) is 0 Å². The van der Waals surface area contributed by atoms with E-state index in [1.807, 2.05) is 17.0 Å². The minimum atomic E-state index is 0.218. The molecule has 1 heterocycles. The molecular formula is C15H22N2OS. The molecule has 0 spiro atoms. The van der Waals surface area contributed by atoms with Gasteiger partial charge < -0.3 is 10.2 Å². The van der Waals surface area contributed by atoms with E-state index >= 15 is 0 Å². The molecule has 2 rings (SSSR count). The molecule has 0 unspecified atom stereocenters. The van der Waals surface area contributed by atoms with Gasteiger partial charge in [0.2, 0.25) is 5.91 Å². The Hall–Kier alpha value is -1.16. The summed E-state index contributed by atoms with van der Waals surface area (Å²) in [7, 11) is 0. The van der Waals surface area contributed by atoms with Gasteiger partial charge in [-0.15, -0.1) is 11.8 Å². The Morgan fingerprint density at radius 1 is 1.16 bits per heavy atom. The zero-order valence-electron chi connectivity index (χ0n) is 11.5. The molecular weight excluding hydrogens is 256 g/mol. The summed E-state index contributed by atoms with van der Waals surface area (Å²) in [6.45, 7) is 2.25. The molecule has 1 aromatic carbocycles. The molecule has 3 nitrogen and oxygen atoms in total. The van der Waals surface area contributed by atoms with Crippen LogP contribution in [0.25, 0.3) is 0 Å². The first kappa shape index (κ1) is 14.3. The van der Waals surface area contributed by atoms with Crippen molar-refractivity contribution < 1.29 is 4.79 Å². The predicted molar refractivity (Wildman–Crippen MR) is 81.8 cm³/mol. The molecule has 1 amide bonds. The number of hydrogen-bond acceptors (Lipinski definition) is 3. The minimum Gasteiger partial charge on any atom is -0.376 e. The summed E-state index contributed by atoms with van der Waals surface area (Å²) >= 11 is 1.72. The van der Waals surface area contributed by atoms with Gasteiger partial charge in [0.1, 0.15) is 0 Å². The number of carbonyl (C=O) groups excluding carboxylic acids is 1. The van der Waals surface area contributed by atoms with E-state index in [9.17, 15) is 4.79 Å². The first-order chi connectivity index (χ1) is 9.29. The molecule has 1 saturated heterocycles. The lowest BCUT2D eigenvalue weighted by Gasteiger charge is -2.20. The second-order valence-electron chi connectivity index (χ2n) is 4.88. The van der Waals surface area contributed by atoms with Crippen LogP contribution in [0, 0.1) is 0 Å². The lowest BCUT2D eigenvalue weighted by atomic mass is 10.2. The predicted octanol–water partition coefficient (Wildman–Crippen LogP) is 3.22. The lowest BCUT2D eigenvalue weighted by Crippen LogP contribution is -2.36. The van der Waals surface area contributed by atoms with Crippen LogP contribution in [0.4, 0.5) is 5.69 Å². The molecule has 0 saturated carbocycles. The number of likely N-dealkylation sites (tertiary alicyclic amines) is 1. The second kappa shape index (κ2) is 7.43. The van der Waals surface area contributed by atoms with Crippen LogP contribution in [0.15, 0.2) is 29.2 Å². The Bertz CT molecular complexity index is 397. The van der Waals surface area contributed by atoms with Gasteiger partial charge in [-0.3, -0.25) is 4.79 Å². The van der Waals surface area contributed by atoms with E-state index in [0.29, 0.717) is 6.54 Å². The smallest absolute Gasteiger partial charge is 0.241 e. The Morgan fingerprint density at radius 3 is 2.37 bits per heavy atom. The van der Waals surface area contributed by atoms with E-state index < -0.39 is 0 Å². The van der Waals surface area contributed by atoms with E-state index in [1.54, 1.807) is 11.8 Å². The fourth-order valence-corrected chi connectivity index (χ4v) is 2.73. The molecule has 0 radical (unpaired) electrons. The fourth-order valence-electron chi connectivity index (χ4n) is 2.32. The van der Waals surface area contributed by atoms with Crippen LogP contribution in [0.1, 0.15) is 25.7 Å². The SMILES string of the molecule is CSc1ccc(NCC(=O)N2CCCCCC2)cc1. The van der Waals surface area contributed by atoms with Crippen molar-refractivity contribution in [3.8, 4) is 0 Å². The van der Waals surface area contributed by atoms with Crippen LogP contribution in [-0.2, 0) is 4.79 Å². The topological polar surface area (TPSA) is 32.3 Å². The zero-order chi connectivity index (χ0) is 13.5. The molecule has 1 N–H and O–H groups in total. The summed E-state index contributed by atoms with van der Waals surface area (Å²) in [5.41, 5.74) is 1.01. The number of amides is 1. The van der Waals surface area contributed by atoms with Crippen LogP contribution in [0.5, 0.6) is 0 Å². The van der Waals surface area contributed by atoms with Crippen LogP contribution < -0.4 is 5.32 Å². The number of rotatable bonds is 4. The molecule has 19 heavy (non-hydrogen) atoms. The Labute approximate surface area is 119 Å². The van der Waals surface area contributed by atoms with Gasteiger partial charge in [0.25, 0.3) is 0 Å². The third-order valence-electron chi connectivity index (χ3n) is 3.49. The normalized spacial score (nSPS) is 15.9. The number of nitrogens with one attached hydrogen (secondary N) is 1. The number of thioether (sulfide) groups is 1. The Balaban J connectivity index is 1.81. The largest absolute Gasteiger partial charge is 0.376 e. The van der Waals surface area contributed by atoms with Crippen LogP contribution in [0.2, 0.25) is 0 Å². The average molecular weight is 278 g/mol. The molecule has 1 aromatic rings. The molecule has 0 bridgehead atoms. The van der Waals surface area contributed by atoms with Gasteiger partial charge in [-0.2, -0.15) is 0 Å². The fraction of sp³-hybridized carbons (Fsp3) is 0.533. The van der Waals surface area contributed by atoms with Crippen molar-refractivity contribution in [2.24, 2.45) is 0 Å². The van der Waals surface area contributed by atoms with E-state index in [0.717, 1.165) is 31.6 Å². The number of anilines is 1.